The molecule has 200 valence electrons. The first kappa shape index (κ1) is 24.9. The Morgan fingerprint density at radius 3 is 1.87 bits per heavy atom. The number of hydrogen-bond acceptors (Lipinski definition) is 0. The quantitative estimate of drug-likeness (QED) is 0.240. The number of para-hydroxylation sites is 1. The number of hydrogen-bond donors (Lipinski definition) is 0. The molecule has 0 spiro atoms. The highest BCUT2D eigenvalue weighted by Gasteiger charge is 2.61. The minimum absolute atomic E-state index is 0.0194. The van der Waals surface area contributed by atoms with Crippen LogP contribution in [0.1, 0.15) is 85.7 Å². The molecule has 2 saturated carbocycles. The van der Waals surface area contributed by atoms with Crippen LogP contribution in [0.5, 0.6) is 0 Å². The van der Waals surface area contributed by atoms with Crippen LogP contribution in [-0.4, -0.2) is 4.57 Å². The van der Waals surface area contributed by atoms with Gasteiger partial charge >= 0.3 is 0 Å². The molecule has 0 radical (unpaired) electrons. The van der Waals surface area contributed by atoms with Gasteiger partial charge in [0.1, 0.15) is 11.2 Å². The molecule has 3 aliphatic rings. The van der Waals surface area contributed by atoms with Crippen LogP contribution >= 0.6 is 0 Å². The summed E-state index contributed by atoms with van der Waals surface area (Å²) in [6.45, 7) is 9.30. The van der Waals surface area contributed by atoms with Crippen LogP contribution in [-0.2, 0) is 5.54 Å². The number of nitrogens with zero attached hydrogens (tertiary/aromatic N) is 2. The summed E-state index contributed by atoms with van der Waals surface area (Å²) in [6, 6.07) is 25.4. The van der Waals surface area contributed by atoms with E-state index in [0.717, 1.165) is 0 Å². The molecule has 2 nitrogen and oxygen atoms in total. The maximum absolute atomic E-state index is 2.95. The smallest absolute Gasteiger partial charge is 0.212 e. The molecule has 0 N–H and O–H groups in total. The van der Waals surface area contributed by atoms with Crippen molar-refractivity contribution in [3.63, 3.8) is 0 Å². The van der Waals surface area contributed by atoms with Gasteiger partial charge in [0.25, 0.3) is 5.82 Å². The second kappa shape index (κ2) is 9.51. The van der Waals surface area contributed by atoms with Crippen LogP contribution in [0, 0.1) is 39.5 Å². The lowest BCUT2D eigenvalue weighted by atomic mass is 9.64. The van der Waals surface area contributed by atoms with Gasteiger partial charge in [-0.1, -0.05) is 92.8 Å². The zero-order chi connectivity index (χ0) is 26.7. The van der Waals surface area contributed by atoms with Crippen molar-refractivity contribution in [1.29, 1.82) is 0 Å². The lowest BCUT2D eigenvalue weighted by molar-refractivity contribution is -0.746. The van der Waals surface area contributed by atoms with Gasteiger partial charge in [0.05, 0.1) is 5.56 Å². The molecule has 39 heavy (non-hydrogen) atoms. The molecule has 1 atom stereocenters. The second-order valence-corrected chi connectivity index (χ2v) is 12.7. The predicted molar refractivity (Wildman–Crippen MR) is 161 cm³/mol. The van der Waals surface area contributed by atoms with Gasteiger partial charge in [-0.05, 0) is 69.2 Å². The average Bonchev–Trinajstić information content (AvgIpc) is 3.65. The molecule has 2 aliphatic carbocycles. The van der Waals surface area contributed by atoms with E-state index >= 15 is 0 Å². The summed E-state index contributed by atoms with van der Waals surface area (Å²) in [5.41, 5.74) is 12.8. The van der Waals surface area contributed by atoms with Gasteiger partial charge in [0.15, 0.2) is 11.4 Å². The monoisotopic (exact) mass is 515 g/mol. The number of aryl methyl sites for hydroxylation is 3. The topological polar surface area (TPSA) is 8.81 Å². The van der Waals surface area contributed by atoms with Gasteiger partial charge < -0.3 is 0 Å². The summed E-state index contributed by atoms with van der Waals surface area (Å²) >= 11 is 0. The van der Waals surface area contributed by atoms with Crippen molar-refractivity contribution in [3.05, 3.63) is 94.7 Å². The summed E-state index contributed by atoms with van der Waals surface area (Å²) in [4.78, 5) is 0. The summed E-state index contributed by atoms with van der Waals surface area (Å²) < 4.78 is 5.59. The maximum Gasteiger partial charge on any atom is 0.296 e. The van der Waals surface area contributed by atoms with Crippen molar-refractivity contribution in [2.75, 3.05) is 0 Å². The largest absolute Gasteiger partial charge is 0.296 e. The molecule has 0 saturated heterocycles. The number of imidazole rings is 1. The van der Waals surface area contributed by atoms with Gasteiger partial charge in [-0.2, -0.15) is 4.57 Å². The van der Waals surface area contributed by atoms with E-state index in [4.69, 9.17) is 0 Å². The van der Waals surface area contributed by atoms with E-state index in [1.54, 1.807) is 5.56 Å². The molecular formula is C37H43N2+. The summed E-state index contributed by atoms with van der Waals surface area (Å²) in [5, 5.41) is 0. The van der Waals surface area contributed by atoms with Crippen molar-refractivity contribution in [1.82, 2.24) is 4.57 Å². The lowest BCUT2D eigenvalue weighted by Gasteiger charge is -2.43. The van der Waals surface area contributed by atoms with Gasteiger partial charge in [-0.3, -0.25) is 0 Å². The van der Waals surface area contributed by atoms with Crippen LogP contribution < -0.4 is 4.57 Å². The molecule has 1 aliphatic heterocycles. The first-order chi connectivity index (χ1) is 19.0. The number of aromatic nitrogens is 2. The van der Waals surface area contributed by atoms with Gasteiger partial charge in [0, 0.05) is 29.9 Å². The van der Waals surface area contributed by atoms with E-state index in [2.05, 4.69) is 104 Å². The Bertz CT molecular complexity index is 1520. The molecule has 3 aromatic carbocycles. The summed E-state index contributed by atoms with van der Waals surface area (Å²) in [6.07, 6.45) is 12.2. The van der Waals surface area contributed by atoms with E-state index in [1.807, 2.05) is 0 Å². The zero-order valence-electron chi connectivity index (χ0n) is 24.3. The number of fused-ring (bicyclic) bond motifs is 3. The zero-order valence-corrected chi connectivity index (χ0v) is 24.3. The van der Waals surface area contributed by atoms with Crippen LogP contribution in [0.3, 0.4) is 0 Å². The normalized spacial score (nSPS) is 21.3. The molecule has 2 heterocycles. The second-order valence-electron chi connectivity index (χ2n) is 12.7. The highest BCUT2D eigenvalue weighted by atomic mass is 15.3. The fourth-order valence-corrected chi connectivity index (χ4v) is 9.01. The number of rotatable bonds is 4. The summed E-state index contributed by atoms with van der Waals surface area (Å²) in [7, 11) is 0. The van der Waals surface area contributed by atoms with Crippen LogP contribution in [0.15, 0.2) is 66.7 Å². The third-order valence-corrected chi connectivity index (χ3v) is 10.6. The first-order valence-corrected chi connectivity index (χ1v) is 15.5. The van der Waals surface area contributed by atoms with E-state index < -0.39 is 0 Å². The first-order valence-electron chi connectivity index (χ1n) is 15.5. The highest BCUT2D eigenvalue weighted by Crippen LogP contribution is 2.56. The van der Waals surface area contributed by atoms with E-state index in [9.17, 15) is 0 Å². The van der Waals surface area contributed by atoms with E-state index in [-0.39, 0.29) is 5.54 Å². The summed E-state index contributed by atoms with van der Waals surface area (Å²) in [5.74, 6) is 2.77. The van der Waals surface area contributed by atoms with Crippen molar-refractivity contribution in [2.45, 2.75) is 91.0 Å². The SMILES string of the molecule is Cc1ccccc1-n1c(C)c2[n+](c1-c1c(C)cccc1C)C(C1CCCCC1)(C1CCCC1)c1ccccc1-2. The van der Waals surface area contributed by atoms with Crippen molar-refractivity contribution in [3.8, 4) is 28.3 Å². The third-order valence-electron chi connectivity index (χ3n) is 10.6. The Balaban J connectivity index is 1.68. The standard InChI is InChI=1S/C37H43N2/c1-25-15-8-13-24-33(25)38-28(4)35-31-22-11-12-23-32(31)37(30-20-9-10-21-30,29-18-6-5-7-19-29)39(35)36(38)34-26(2)16-14-17-27(34)3/h8,11-17,22-24,29-30H,5-7,9-10,18-21H2,1-4H3/q+1. The van der Waals surface area contributed by atoms with Crippen molar-refractivity contribution >= 4 is 0 Å². The Morgan fingerprint density at radius 2 is 1.21 bits per heavy atom. The van der Waals surface area contributed by atoms with E-state index in [1.165, 1.54) is 109 Å². The minimum Gasteiger partial charge on any atom is -0.212 e. The molecule has 7 rings (SSSR count). The van der Waals surface area contributed by atoms with Crippen LogP contribution in [0.4, 0.5) is 0 Å². The molecule has 2 heteroatoms. The van der Waals surface area contributed by atoms with Crippen LogP contribution in [0.2, 0.25) is 0 Å². The van der Waals surface area contributed by atoms with E-state index in [0.29, 0.717) is 11.8 Å². The van der Waals surface area contributed by atoms with Gasteiger partial charge in [0.2, 0.25) is 0 Å². The highest BCUT2D eigenvalue weighted by molar-refractivity contribution is 5.75. The number of benzene rings is 3. The Hall–Kier alpha value is -3.13. The Kier molecular flexibility index (Phi) is 6.06. The molecule has 1 unspecified atom stereocenters. The molecule has 0 amide bonds. The predicted octanol–water partition coefficient (Wildman–Crippen LogP) is 9.16. The molecule has 4 aromatic rings. The van der Waals surface area contributed by atoms with Crippen LogP contribution in [0.25, 0.3) is 28.3 Å². The average molecular weight is 516 g/mol. The molecular weight excluding hydrogens is 472 g/mol. The van der Waals surface area contributed by atoms with Gasteiger partial charge in [-0.25, -0.2) is 4.57 Å². The van der Waals surface area contributed by atoms with Crippen molar-refractivity contribution in [2.24, 2.45) is 11.8 Å². The minimum atomic E-state index is 0.0194. The Labute approximate surface area is 234 Å². The molecule has 2 fully saturated rings. The van der Waals surface area contributed by atoms with Crippen molar-refractivity contribution < 1.29 is 4.57 Å². The maximum atomic E-state index is 2.95. The lowest BCUT2D eigenvalue weighted by Crippen LogP contribution is -2.64. The molecule has 1 aromatic heterocycles. The Morgan fingerprint density at radius 1 is 0.641 bits per heavy atom. The van der Waals surface area contributed by atoms with Gasteiger partial charge in [-0.15, -0.1) is 0 Å². The fourth-order valence-electron chi connectivity index (χ4n) is 9.01. The third kappa shape index (κ3) is 3.49. The fraction of sp³-hybridized carbons (Fsp3) is 0.432. The molecule has 0 bridgehead atoms.